The monoisotopic (exact) mass is 808 g/mol. The Balaban J connectivity index is 1.03. The summed E-state index contributed by atoms with van der Waals surface area (Å²) in [5.41, 5.74) is 14.3. The van der Waals surface area contributed by atoms with Gasteiger partial charge in [0.1, 0.15) is 5.69 Å². The average Bonchev–Trinajstić information content (AvgIpc) is 3.94. The van der Waals surface area contributed by atoms with Gasteiger partial charge >= 0.3 is 0 Å². The first-order valence-corrected chi connectivity index (χ1v) is 21.7. The van der Waals surface area contributed by atoms with Gasteiger partial charge in [-0.2, -0.15) is 5.10 Å². The van der Waals surface area contributed by atoms with E-state index in [1.54, 1.807) is 0 Å². The van der Waals surface area contributed by atoms with Gasteiger partial charge in [-0.3, -0.25) is 0 Å². The van der Waals surface area contributed by atoms with Crippen LogP contribution in [-0.2, 0) is 0 Å². The molecule has 8 aromatic carbocycles. The molecule has 12 rings (SSSR count). The van der Waals surface area contributed by atoms with Crippen molar-refractivity contribution in [2.24, 2.45) is 0 Å². The topological polar surface area (TPSA) is 43.1 Å². The van der Waals surface area contributed by atoms with Crippen molar-refractivity contribution in [1.29, 1.82) is 0 Å². The molecule has 12 aromatic rings. The van der Waals surface area contributed by atoms with Crippen molar-refractivity contribution in [3.63, 3.8) is 0 Å². The molecule has 0 fully saturated rings. The Morgan fingerprint density at radius 1 is 0.355 bits per heavy atom. The Labute approximate surface area is 362 Å². The quantitative estimate of drug-likeness (QED) is 0.161. The van der Waals surface area contributed by atoms with E-state index in [4.69, 9.17) is 15.1 Å². The predicted molar refractivity (Wildman–Crippen MR) is 259 cm³/mol. The molecule has 290 valence electrons. The summed E-state index contributed by atoms with van der Waals surface area (Å²) in [4.78, 5) is 10.6. The SMILES string of the molecule is c1ccc(-c2cc(-c3cccc(-c4ccc5sc6ccccc6c5c4)c3)nc(-c3cccc(-c4nn5c(-c6ccccc6)cc6ccccc6c5c4-c4ccccc4)c3)n2)cc1. The number of thiophene rings is 1. The number of pyridine rings is 1. The van der Waals surface area contributed by atoms with Crippen molar-refractivity contribution >= 4 is 47.8 Å². The maximum absolute atomic E-state index is 5.50. The van der Waals surface area contributed by atoms with Gasteiger partial charge in [0.15, 0.2) is 5.82 Å². The summed E-state index contributed by atoms with van der Waals surface area (Å²) in [5, 5.41) is 10.4. The number of fused-ring (bicyclic) bond motifs is 6. The minimum Gasteiger partial charge on any atom is -0.231 e. The van der Waals surface area contributed by atoms with Crippen LogP contribution in [-0.4, -0.2) is 19.6 Å². The summed E-state index contributed by atoms with van der Waals surface area (Å²) < 4.78 is 4.74. The number of benzene rings is 8. The van der Waals surface area contributed by atoms with E-state index in [1.165, 1.54) is 31.1 Å². The van der Waals surface area contributed by atoms with Crippen LogP contribution >= 0.6 is 11.3 Å². The second kappa shape index (κ2) is 14.9. The average molecular weight is 809 g/mol. The van der Waals surface area contributed by atoms with Crippen LogP contribution in [0, 0.1) is 0 Å². The van der Waals surface area contributed by atoms with Gasteiger partial charge in [0, 0.05) is 58.9 Å². The zero-order valence-corrected chi connectivity index (χ0v) is 34.3. The van der Waals surface area contributed by atoms with Gasteiger partial charge in [-0.1, -0.05) is 176 Å². The molecule has 0 saturated carbocycles. The molecule has 0 N–H and O–H groups in total. The summed E-state index contributed by atoms with van der Waals surface area (Å²) in [6.07, 6.45) is 0. The molecule has 0 atom stereocenters. The third kappa shape index (κ3) is 6.26. The Kier molecular flexibility index (Phi) is 8.65. The highest BCUT2D eigenvalue weighted by atomic mass is 32.1. The van der Waals surface area contributed by atoms with E-state index in [-0.39, 0.29) is 0 Å². The summed E-state index contributed by atoms with van der Waals surface area (Å²) in [6.45, 7) is 0. The molecular formula is C57H36N4S. The van der Waals surface area contributed by atoms with Gasteiger partial charge in [0.25, 0.3) is 0 Å². The highest BCUT2D eigenvalue weighted by molar-refractivity contribution is 7.25. The Hall–Kier alpha value is -7.99. The molecule has 0 unspecified atom stereocenters. The number of nitrogens with zero attached hydrogens (tertiary/aromatic N) is 4. The molecule has 0 aliphatic carbocycles. The molecule has 0 bridgehead atoms. The van der Waals surface area contributed by atoms with Crippen molar-refractivity contribution in [3.8, 4) is 78.7 Å². The predicted octanol–water partition coefficient (Wildman–Crippen LogP) is 15.3. The van der Waals surface area contributed by atoms with E-state index in [0.29, 0.717) is 5.82 Å². The van der Waals surface area contributed by atoms with Gasteiger partial charge < -0.3 is 0 Å². The Morgan fingerprint density at radius 3 is 1.71 bits per heavy atom. The van der Waals surface area contributed by atoms with Crippen molar-refractivity contribution < 1.29 is 0 Å². The highest BCUT2D eigenvalue weighted by Gasteiger charge is 2.22. The number of hydrogen-bond acceptors (Lipinski definition) is 4. The van der Waals surface area contributed by atoms with Crippen LogP contribution in [0.3, 0.4) is 0 Å². The van der Waals surface area contributed by atoms with Crippen LogP contribution in [0.2, 0.25) is 0 Å². The van der Waals surface area contributed by atoms with E-state index < -0.39 is 0 Å². The molecule has 0 amide bonds. The fourth-order valence-corrected chi connectivity index (χ4v) is 9.92. The van der Waals surface area contributed by atoms with E-state index in [2.05, 4.69) is 217 Å². The fourth-order valence-electron chi connectivity index (χ4n) is 8.83. The molecule has 5 heteroatoms. The van der Waals surface area contributed by atoms with Crippen LogP contribution in [0.15, 0.2) is 218 Å². The standard InChI is InChI=1S/C57H36N4S/c1-4-16-37(17-5-1)49-36-50(43-24-14-23-40(32-43)41-30-31-53-48(34-41)47-28-12-13-29-52(47)62-53)59-57(58-49)45-26-15-25-44(33-45)55-54(39-20-8-3-9-21-39)56-46-27-11-10-22-42(46)35-51(61(56)60-55)38-18-6-2-7-19-38/h1-36H. The Morgan fingerprint density at radius 2 is 0.919 bits per heavy atom. The van der Waals surface area contributed by atoms with Crippen molar-refractivity contribution in [2.45, 2.75) is 0 Å². The first-order valence-electron chi connectivity index (χ1n) is 20.8. The summed E-state index contributed by atoms with van der Waals surface area (Å²) in [6, 6.07) is 77.3. The van der Waals surface area contributed by atoms with Gasteiger partial charge in [-0.15, -0.1) is 11.3 Å². The highest BCUT2D eigenvalue weighted by Crippen LogP contribution is 2.42. The van der Waals surface area contributed by atoms with Crippen LogP contribution in [0.1, 0.15) is 0 Å². The van der Waals surface area contributed by atoms with E-state index in [0.717, 1.165) is 78.2 Å². The summed E-state index contributed by atoms with van der Waals surface area (Å²) in [5.74, 6) is 0.653. The minimum absolute atomic E-state index is 0.653. The zero-order valence-electron chi connectivity index (χ0n) is 33.5. The number of aromatic nitrogens is 4. The largest absolute Gasteiger partial charge is 0.231 e. The number of rotatable bonds is 7. The van der Waals surface area contributed by atoms with Gasteiger partial charge in [0.05, 0.1) is 22.6 Å². The maximum Gasteiger partial charge on any atom is 0.160 e. The molecule has 0 saturated heterocycles. The third-order valence-corrected chi connectivity index (χ3v) is 13.0. The molecule has 62 heavy (non-hydrogen) atoms. The molecule has 4 aromatic heterocycles. The van der Waals surface area contributed by atoms with E-state index in [1.807, 2.05) is 17.4 Å². The Bertz CT molecular complexity index is 3630. The smallest absolute Gasteiger partial charge is 0.160 e. The molecule has 0 aliphatic heterocycles. The number of hydrogen-bond donors (Lipinski definition) is 0. The maximum atomic E-state index is 5.50. The van der Waals surface area contributed by atoms with Crippen molar-refractivity contribution in [2.75, 3.05) is 0 Å². The minimum atomic E-state index is 0.653. The van der Waals surface area contributed by atoms with Crippen molar-refractivity contribution in [1.82, 2.24) is 19.6 Å². The molecule has 0 radical (unpaired) electrons. The first-order chi connectivity index (χ1) is 30.7. The summed E-state index contributed by atoms with van der Waals surface area (Å²) >= 11 is 1.84. The van der Waals surface area contributed by atoms with Gasteiger partial charge in [-0.05, 0) is 64.5 Å². The molecular weight excluding hydrogens is 773 g/mol. The molecule has 4 heterocycles. The second-order valence-electron chi connectivity index (χ2n) is 15.6. The van der Waals surface area contributed by atoms with E-state index in [9.17, 15) is 0 Å². The van der Waals surface area contributed by atoms with Crippen LogP contribution in [0.25, 0.3) is 115 Å². The lowest BCUT2D eigenvalue weighted by Crippen LogP contribution is -1.97. The second-order valence-corrected chi connectivity index (χ2v) is 16.7. The van der Waals surface area contributed by atoms with Gasteiger partial charge in [0.2, 0.25) is 0 Å². The van der Waals surface area contributed by atoms with Crippen molar-refractivity contribution in [3.05, 3.63) is 218 Å². The fraction of sp³-hybridized carbons (Fsp3) is 0. The van der Waals surface area contributed by atoms with E-state index >= 15 is 0 Å². The van der Waals surface area contributed by atoms with Gasteiger partial charge in [-0.25, -0.2) is 14.5 Å². The molecule has 4 nitrogen and oxygen atoms in total. The first kappa shape index (κ1) is 35.9. The van der Waals surface area contributed by atoms with Crippen LogP contribution < -0.4 is 0 Å². The normalized spacial score (nSPS) is 11.5. The zero-order chi connectivity index (χ0) is 41.0. The molecule has 0 aliphatic rings. The lowest BCUT2D eigenvalue weighted by atomic mass is 9.96. The summed E-state index contributed by atoms with van der Waals surface area (Å²) in [7, 11) is 0. The van der Waals surface area contributed by atoms with Crippen LogP contribution in [0.4, 0.5) is 0 Å². The lowest BCUT2D eigenvalue weighted by molar-refractivity contribution is 0.979. The third-order valence-electron chi connectivity index (χ3n) is 11.8. The lowest BCUT2D eigenvalue weighted by Gasteiger charge is -2.12. The molecule has 0 spiro atoms. The van der Waals surface area contributed by atoms with Crippen LogP contribution in [0.5, 0.6) is 0 Å².